The van der Waals surface area contributed by atoms with Gasteiger partial charge in [-0.2, -0.15) is 0 Å². The van der Waals surface area contributed by atoms with E-state index in [4.69, 9.17) is 0 Å². The molecule has 26 heavy (non-hydrogen) atoms. The maximum absolute atomic E-state index is 13.3. The third-order valence-electron chi connectivity index (χ3n) is 3.55. The van der Waals surface area contributed by atoms with Crippen LogP contribution in [0.5, 0.6) is 0 Å². The molecular weight excluding hydrogens is 355 g/mol. The highest BCUT2D eigenvalue weighted by Crippen LogP contribution is 2.21. The highest BCUT2D eigenvalue weighted by molar-refractivity contribution is 7.92. The highest BCUT2D eigenvalue weighted by atomic mass is 32.2. The van der Waals surface area contributed by atoms with E-state index in [0.717, 1.165) is 0 Å². The first-order chi connectivity index (χ1) is 12.5. The van der Waals surface area contributed by atoms with Crippen LogP contribution in [0.3, 0.4) is 0 Å². The average molecular weight is 370 g/mol. The van der Waals surface area contributed by atoms with E-state index < -0.39 is 21.7 Å². The largest absolute Gasteiger partial charge is 0.322 e. The second-order valence-corrected chi connectivity index (χ2v) is 7.11. The monoisotopic (exact) mass is 370 g/mol. The predicted octanol–water partition coefficient (Wildman–Crippen LogP) is 3.88. The zero-order valence-corrected chi connectivity index (χ0v) is 14.3. The summed E-state index contributed by atoms with van der Waals surface area (Å²) in [7, 11) is -3.84. The lowest BCUT2D eigenvalue weighted by Gasteiger charge is -2.13. The van der Waals surface area contributed by atoms with Crippen molar-refractivity contribution in [1.29, 1.82) is 0 Å². The van der Waals surface area contributed by atoms with E-state index in [2.05, 4.69) is 10.0 Å². The number of rotatable bonds is 5. The number of hydrogen-bond donors (Lipinski definition) is 2. The lowest BCUT2D eigenvalue weighted by Crippen LogP contribution is -2.18. The van der Waals surface area contributed by atoms with Crippen LogP contribution in [-0.2, 0) is 10.0 Å². The molecule has 0 saturated carbocycles. The molecule has 0 atom stereocenters. The summed E-state index contributed by atoms with van der Waals surface area (Å²) in [5.74, 6) is -1.04. The number of carbonyl (C=O) groups excluding carboxylic acids is 1. The molecule has 0 fully saturated rings. The van der Waals surface area contributed by atoms with E-state index in [1.807, 2.05) is 0 Å². The van der Waals surface area contributed by atoms with E-state index in [1.165, 1.54) is 48.5 Å². The molecule has 1 amide bonds. The molecule has 0 aliphatic heterocycles. The van der Waals surface area contributed by atoms with Crippen LogP contribution in [0.1, 0.15) is 10.4 Å². The van der Waals surface area contributed by atoms with E-state index in [-0.39, 0.29) is 21.8 Å². The maximum Gasteiger partial charge on any atom is 0.261 e. The second kappa shape index (κ2) is 7.37. The molecule has 7 heteroatoms. The first-order valence-corrected chi connectivity index (χ1v) is 9.18. The first kappa shape index (κ1) is 17.6. The number of benzene rings is 3. The van der Waals surface area contributed by atoms with Crippen LogP contribution >= 0.6 is 0 Å². The summed E-state index contributed by atoms with van der Waals surface area (Å²) in [4.78, 5) is 12.6. The summed E-state index contributed by atoms with van der Waals surface area (Å²) >= 11 is 0. The first-order valence-electron chi connectivity index (χ1n) is 7.69. The zero-order chi connectivity index (χ0) is 18.6. The van der Waals surface area contributed by atoms with Crippen molar-refractivity contribution in [2.24, 2.45) is 0 Å². The molecule has 3 aromatic carbocycles. The molecule has 132 valence electrons. The molecule has 0 heterocycles. The van der Waals surface area contributed by atoms with Gasteiger partial charge in [0.05, 0.1) is 16.1 Å². The fraction of sp³-hybridized carbons (Fsp3) is 0. The van der Waals surface area contributed by atoms with Crippen LogP contribution in [0, 0.1) is 5.82 Å². The normalized spacial score (nSPS) is 11.0. The number of hydrogen-bond acceptors (Lipinski definition) is 3. The molecule has 2 N–H and O–H groups in total. The van der Waals surface area contributed by atoms with Crippen LogP contribution < -0.4 is 10.0 Å². The quantitative estimate of drug-likeness (QED) is 0.716. The van der Waals surface area contributed by atoms with Gasteiger partial charge in [0.1, 0.15) is 5.82 Å². The minimum atomic E-state index is -3.84. The summed E-state index contributed by atoms with van der Waals surface area (Å²) < 4.78 is 40.7. The van der Waals surface area contributed by atoms with Crippen molar-refractivity contribution >= 4 is 27.3 Å². The molecule has 0 unspecified atom stereocenters. The summed E-state index contributed by atoms with van der Waals surface area (Å²) in [6.07, 6.45) is 0. The SMILES string of the molecule is O=C(Nc1cccc(F)c1)c1ccccc1NS(=O)(=O)c1ccccc1. The molecule has 0 aliphatic carbocycles. The molecule has 0 aromatic heterocycles. The van der Waals surface area contributed by atoms with E-state index in [9.17, 15) is 17.6 Å². The van der Waals surface area contributed by atoms with Crippen LogP contribution in [0.4, 0.5) is 15.8 Å². The molecular formula is C19H15FN2O3S. The van der Waals surface area contributed by atoms with Gasteiger partial charge >= 0.3 is 0 Å². The number of nitrogens with one attached hydrogen (secondary N) is 2. The summed E-state index contributed by atoms with van der Waals surface area (Å²) in [6.45, 7) is 0. The number of para-hydroxylation sites is 1. The molecule has 0 saturated heterocycles. The van der Waals surface area contributed by atoms with Gasteiger partial charge in [0.2, 0.25) is 0 Å². The Balaban J connectivity index is 1.88. The highest BCUT2D eigenvalue weighted by Gasteiger charge is 2.18. The Labute approximate surface area is 150 Å². The van der Waals surface area contributed by atoms with Crippen LogP contribution in [0.2, 0.25) is 0 Å². The van der Waals surface area contributed by atoms with Gasteiger partial charge < -0.3 is 5.32 Å². The zero-order valence-electron chi connectivity index (χ0n) is 13.5. The van der Waals surface area contributed by atoms with Gasteiger partial charge in [-0.1, -0.05) is 36.4 Å². The molecule has 0 bridgehead atoms. The molecule has 5 nitrogen and oxygen atoms in total. The van der Waals surface area contributed by atoms with Crippen molar-refractivity contribution < 1.29 is 17.6 Å². The number of halogens is 1. The van der Waals surface area contributed by atoms with Gasteiger partial charge in [-0.15, -0.1) is 0 Å². The van der Waals surface area contributed by atoms with Crippen molar-refractivity contribution in [3.8, 4) is 0 Å². The smallest absolute Gasteiger partial charge is 0.261 e. The summed E-state index contributed by atoms with van der Waals surface area (Å²) in [6, 6.07) is 19.5. The van der Waals surface area contributed by atoms with Gasteiger partial charge in [-0.3, -0.25) is 9.52 Å². The fourth-order valence-corrected chi connectivity index (χ4v) is 3.44. The Morgan fingerprint density at radius 3 is 2.27 bits per heavy atom. The van der Waals surface area contributed by atoms with Gasteiger partial charge in [0.25, 0.3) is 15.9 Å². The Morgan fingerprint density at radius 1 is 0.846 bits per heavy atom. The Hall–Kier alpha value is -3.19. The van der Waals surface area contributed by atoms with Gasteiger partial charge in [0.15, 0.2) is 0 Å². The van der Waals surface area contributed by atoms with E-state index in [1.54, 1.807) is 30.3 Å². The van der Waals surface area contributed by atoms with Crippen molar-refractivity contribution in [1.82, 2.24) is 0 Å². The van der Waals surface area contributed by atoms with Crippen molar-refractivity contribution in [2.75, 3.05) is 10.0 Å². The number of sulfonamides is 1. The molecule has 0 spiro atoms. The van der Waals surface area contributed by atoms with Crippen molar-refractivity contribution in [3.63, 3.8) is 0 Å². The summed E-state index contributed by atoms with van der Waals surface area (Å²) in [5, 5.41) is 2.55. The third-order valence-corrected chi connectivity index (χ3v) is 4.93. The lowest BCUT2D eigenvalue weighted by atomic mass is 10.1. The standard InChI is InChI=1S/C19H15FN2O3S/c20-14-7-6-8-15(13-14)21-19(23)17-11-4-5-12-18(17)22-26(24,25)16-9-2-1-3-10-16/h1-13,22H,(H,21,23). The minimum Gasteiger partial charge on any atom is -0.322 e. The molecule has 3 aromatic rings. The Bertz CT molecular complexity index is 1040. The Kier molecular flexibility index (Phi) is 4.99. The second-order valence-electron chi connectivity index (χ2n) is 5.43. The number of amides is 1. The lowest BCUT2D eigenvalue weighted by molar-refractivity contribution is 0.102. The number of anilines is 2. The van der Waals surface area contributed by atoms with Crippen LogP contribution in [0.15, 0.2) is 83.8 Å². The van der Waals surface area contributed by atoms with Gasteiger partial charge in [0, 0.05) is 5.69 Å². The van der Waals surface area contributed by atoms with E-state index >= 15 is 0 Å². The summed E-state index contributed by atoms with van der Waals surface area (Å²) in [5.41, 5.74) is 0.525. The molecule has 3 rings (SSSR count). The fourth-order valence-electron chi connectivity index (χ4n) is 2.34. The Morgan fingerprint density at radius 2 is 1.54 bits per heavy atom. The number of carbonyl (C=O) groups is 1. The third kappa shape index (κ3) is 4.07. The minimum absolute atomic E-state index is 0.0836. The van der Waals surface area contributed by atoms with Crippen LogP contribution in [-0.4, -0.2) is 14.3 Å². The average Bonchev–Trinajstić information content (AvgIpc) is 2.62. The predicted molar refractivity (Wildman–Crippen MR) is 98.0 cm³/mol. The van der Waals surface area contributed by atoms with Gasteiger partial charge in [-0.05, 0) is 42.5 Å². The molecule has 0 aliphatic rings. The maximum atomic E-state index is 13.3. The van der Waals surface area contributed by atoms with Gasteiger partial charge in [-0.25, -0.2) is 12.8 Å². The topological polar surface area (TPSA) is 75.3 Å². The molecule has 0 radical (unpaired) electrons. The van der Waals surface area contributed by atoms with Crippen molar-refractivity contribution in [2.45, 2.75) is 4.90 Å². The van der Waals surface area contributed by atoms with Crippen molar-refractivity contribution in [3.05, 3.63) is 90.2 Å². The van der Waals surface area contributed by atoms with Crippen LogP contribution in [0.25, 0.3) is 0 Å². The van der Waals surface area contributed by atoms with E-state index in [0.29, 0.717) is 0 Å².